The second-order valence-electron chi connectivity index (χ2n) is 5.62. The van der Waals surface area contributed by atoms with Crippen molar-refractivity contribution >= 4 is 10.9 Å². The molecule has 3 rings (SSSR count). The number of piperidine rings is 1. The Hall–Kier alpha value is -1.32. The van der Waals surface area contributed by atoms with Crippen molar-refractivity contribution in [3.63, 3.8) is 0 Å². The lowest BCUT2D eigenvalue weighted by Gasteiger charge is -2.31. The summed E-state index contributed by atoms with van der Waals surface area (Å²) in [5, 5.41) is 1.43. The van der Waals surface area contributed by atoms with E-state index < -0.39 is 0 Å². The standard InChI is InChI=1S/C16H23N3/c1-18-12-15(14-4-2-3-5-16(14)18)13-6-9-19(10-7-13)11-8-17/h2-5,12-13H,6-11,17H2,1H3. The lowest BCUT2D eigenvalue weighted by Crippen LogP contribution is -2.36. The number of hydrogen-bond donors (Lipinski definition) is 1. The Bertz CT molecular complexity index is 550. The molecule has 1 aromatic carbocycles. The Balaban J connectivity index is 1.82. The molecule has 3 heteroatoms. The molecule has 0 aliphatic carbocycles. The number of nitrogens with two attached hydrogens (primary N) is 1. The van der Waals surface area contributed by atoms with E-state index in [1.165, 1.54) is 42.4 Å². The summed E-state index contributed by atoms with van der Waals surface area (Å²) in [6.45, 7) is 4.19. The van der Waals surface area contributed by atoms with E-state index in [9.17, 15) is 0 Å². The van der Waals surface area contributed by atoms with E-state index in [0.717, 1.165) is 13.1 Å². The van der Waals surface area contributed by atoms with Gasteiger partial charge in [-0.25, -0.2) is 0 Å². The van der Waals surface area contributed by atoms with Crippen LogP contribution < -0.4 is 5.73 Å². The number of hydrogen-bond acceptors (Lipinski definition) is 2. The summed E-state index contributed by atoms with van der Waals surface area (Å²) in [6.07, 6.45) is 4.84. The number of para-hydroxylation sites is 1. The van der Waals surface area contributed by atoms with E-state index in [0.29, 0.717) is 5.92 Å². The number of rotatable bonds is 3. The van der Waals surface area contributed by atoms with Gasteiger partial charge in [0.2, 0.25) is 0 Å². The number of fused-ring (bicyclic) bond motifs is 1. The van der Waals surface area contributed by atoms with Crippen LogP contribution in [0.2, 0.25) is 0 Å². The molecule has 19 heavy (non-hydrogen) atoms. The summed E-state index contributed by atoms with van der Waals surface area (Å²) in [5.74, 6) is 0.708. The van der Waals surface area contributed by atoms with E-state index in [-0.39, 0.29) is 0 Å². The molecule has 0 bridgehead atoms. The maximum absolute atomic E-state index is 5.64. The maximum atomic E-state index is 5.64. The van der Waals surface area contributed by atoms with Crippen LogP contribution in [0.15, 0.2) is 30.5 Å². The van der Waals surface area contributed by atoms with Gasteiger partial charge in [0.1, 0.15) is 0 Å². The summed E-state index contributed by atoms with van der Waals surface area (Å²) >= 11 is 0. The minimum atomic E-state index is 0.708. The van der Waals surface area contributed by atoms with E-state index in [1.807, 2.05) is 0 Å². The number of aromatic nitrogens is 1. The van der Waals surface area contributed by atoms with Crippen molar-refractivity contribution in [2.45, 2.75) is 18.8 Å². The molecular weight excluding hydrogens is 234 g/mol. The van der Waals surface area contributed by atoms with Gasteiger partial charge in [-0.2, -0.15) is 0 Å². The van der Waals surface area contributed by atoms with Crippen LogP contribution in [-0.2, 0) is 7.05 Å². The van der Waals surface area contributed by atoms with Crippen molar-refractivity contribution in [3.05, 3.63) is 36.0 Å². The van der Waals surface area contributed by atoms with Gasteiger partial charge in [0.15, 0.2) is 0 Å². The smallest absolute Gasteiger partial charge is 0.0480 e. The molecule has 0 saturated carbocycles. The molecule has 0 unspecified atom stereocenters. The Morgan fingerprint density at radius 1 is 1.21 bits per heavy atom. The second-order valence-corrected chi connectivity index (χ2v) is 5.62. The van der Waals surface area contributed by atoms with Gasteiger partial charge in [-0.05, 0) is 43.5 Å². The fourth-order valence-electron chi connectivity index (χ4n) is 3.35. The van der Waals surface area contributed by atoms with Crippen molar-refractivity contribution in [1.29, 1.82) is 0 Å². The third kappa shape index (κ3) is 2.40. The van der Waals surface area contributed by atoms with E-state index in [1.54, 1.807) is 0 Å². The molecule has 1 aromatic heterocycles. The Kier molecular flexibility index (Phi) is 3.58. The summed E-state index contributed by atoms with van der Waals surface area (Å²) < 4.78 is 2.26. The normalized spacial score (nSPS) is 18.2. The molecule has 0 atom stereocenters. The van der Waals surface area contributed by atoms with Crippen LogP contribution in [0, 0.1) is 0 Å². The molecular formula is C16H23N3. The van der Waals surface area contributed by atoms with Crippen LogP contribution in [0.3, 0.4) is 0 Å². The predicted molar refractivity (Wildman–Crippen MR) is 80.4 cm³/mol. The first-order valence-corrected chi connectivity index (χ1v) is 7.26. The Morgan fingerprint density at radius 3 is 2.68 bits per heavy atom. The summed E-state index contributed by atoms with van der Waals surface area (Å²) in [7, 11) is 2.15. The lowest BCUT2D eigenvalue weighted by atomic mass is 9.89. The van der Waals surface area contributed by atoms with Crippen molar-refractivity contribution in [1.82, 2.24) is 9.47 Å². The van der Waals surface area contributed by atoms with Crippen molar-refractivity contribution in [2.75, 3.05) is 26.2 Å². The van der Waals surface area contributed by atoms with Crippen LogP contribution in [0.1, 0.15) is 24.3 Å². The fourth-order valence-corrected chi connectivity index (χ4v) is 3.35. The molecule has 2 heterocycles. The Labute approximate surface area is 115 Å². The highest BCUT2D eigenvalue weighted by Gasteiger charge is 2.22. The minimum Gasteiger partial charge on any atom is -0.350 e. The van der Waals surface area contributed by atoms with Gasteiger partial charge < -0.3 is 15.2 Å². The minimum absolute atomic E-state index is 0.708. The topological polar surface area (TPSA) is 34.2 Å². The van der Waals surface area contributed by atoms with Gasteiger partial charge in [-0.15, -0.1) is 0 Å². The molecule has 2 aromatic rings. The molecule has 2 N–H and O–H groups in total. The SMILES string of the molecule is Cn1cc(C2CCN(CCN)CC2)c2ccccc21. The molecule has 1 aliphatic heterocycles. The first-order valence-electron chi connectivity index (χ1n) is 7.26. The van der Waals surface area contributed by atoms with Crippen LogP contribution in [-0.4, -0.2) is 35.6 Å². The molecule has 0 amide bonds. The third-order valence-corrected chi connectivity index (χ3v) is 4.40. The summed E-state index contributed by atoms with van der Waals surface area (Å²) in [4.78, 5) is 2.49. The highest BCUT2D eigenvalue weighted by atomic mass is 15.1. The van der Waals surface area contributed by atoms with Crippen LogP contribution in [0.25, 0.3) is 10.9 Å². The number of likely N-dealkylation sites (tertiary alicyclic amines) is 1. The van der Waals surface area contributed by atoms with Gasteiger partial charge >= 0.3 is 0 Å². The number of nitrogens with zero attached hydrogens (tertiary/aromatic N) is 2. The highest BCUT2D eigenvalue weighted by Crippen LogP contribution is 2.33. The first kappa shape index (κ1) is 12.7. The van der Waals surface area contributed by atoms with Gasteiger partial charge in [-0.1, -0.05) is 18.2 Å². The number of aryl methyl sites for hydroxylation is 1. The number of benzene rings is 1. The zero-order chi connectivity index (χ0) is 13.2. The Morgan fingerprint density at radius 2 is 1.95 bits per heavy atom. The largest absolute Gasteiger partial charge is 0.350 e. The third-order valence-electron chi connectivity index (χ3n) is 4.40. The van der Waals surface area contributed by atoms with Crippen LogP contribution >= 0.6 is 0 Å². The van der Waals surface area contributed by atoms with Gasteiger partial charge in [0.05, 0.1) is 0 Å². The van der Waals surface area contributed by atoms with Gasteiger partial charge in [-0.3, -0.25) is 0 Å². The summed E-state index contributed by atoms with van der Waals surface area (Å²) in [5.41, 5.74) is 8.52. The maximum Gasteiger partial charge on any atom is 0.0480 e. The van der Waals surface area contributed by atoms with Crippen molar-refractivity contribution < 1.29 is 0 Å². The predicted octanol–water partition coefficient (Wildman–Crippen LogP) is 2.32. The fraction of sp³-hybridized carbons (Fsp3) is 0.500. The summed E-state index contributed by atoms with van der Waals surface area (Å²) in [6, 6.07) is 8.74. The van der Waals surface area contributed by atoms with Crippen LogP contribution in [0.4, 0.5) is 0 Å². The molecule has 1 fully saturated rings. The molecule has 0 radical (unpaired) electrons. The monoisotopic (exact) mass is 257 g/mol. The van der Waals surface area contributed by atoms with E-state index in [2.05, 4.69) is 47.0 Å². The van der Waals surface area contributed by atoms with Crippen molar-refractivity contribution in [2.24, 2.45) is 12.8 Å². The average Bonchev–Trinajstić information content (AvgIpc) is 2.78. The zero-order valence-electron chi connectivity index (χ0n) is 11.7. The molecule has 3 nitrogen and oxygen atoms in total. The zero-order valence-corrected chi connectivity index (χ0v) is 11.7. The van der Waals surface area contributed by atoms with Crippen LogP contribution in [0.5, 0.6) is 0 Å². The molecule has 0 spiro atoms. The quantitative estimate of drug-likeness (QED) is 0.915. The molecule has 102 valence electrons. The van der Waals surface area contributed by atoms with Crippen molar-refractivity contribution in [3.8, 4) is 0 Å². The lowest BCUT2D eigenvalue weighted by molar-refractivity contribution is 0.218. The molecule has 1 saturated heterocycles. The van der Waals surface area contributed by atoms with E-state index >= 15 is 0 Å². The first-order chi connectivity index (χ1) is 9.29. The van der Waals surface area contributed by atoms with Gasteiger partial charge in [0.25, 0.3) is 0 Å². The highest BCUT2D eigenvalue weighted by molar-refractivity contribution is 5.84. The second kappa shape index (κ2) is 5.35. The average molecular weight is 257 g/mol. The van der Waals surface area contributed by atoms with Gasteiger partial charge in [0, 0.05) is 37.2 Å². The molecule has 1 aliphatic rings. The van der Waals surface area contributed by atoms with E-state index in [4.69, 9.17) is 5.73 Å².